The third kappa shape index (κ3) is 2.96. The number of nitrogens with two attached hydrogens (primary N) is 1. The monoisotopic (exact) mass is 255 g/mol. The van der Waals surface area contributed by atoms with Gasteiger partial charge in [-0.05, 0) is 31.2 Å². The summed E-state index contributed by atoms with van der Waals surface area (Å²) >= 11 is 0. The van der Waals surface area contributed by atoms with E-state index in [0.717, 1.165) is 25.3 Å². The molecule has 1 saturated heterocycles. The van der Waals surface area contributed by atoms with Crippen molar-refractivity contribution in [2.24, 2.45) is 5.14 Å². The predicted octanol–water partition coefficient (Wildman–Crippen LogP) is 0.132. The summed E-state index contributed by atoms with van der Waals surface area (Å²) in [6.07, 6.45) is 0. The molecular formula is C11H17N3O2S. The fourth-order valence-corrected chi connectivity index (χ4v) is 2.53. The number of hydrogen-bond acceptors (Lipinski definition) is 4. The maximum atomic E-state index is 11.1. The zero-order valence-electron chi connectivity index (χ0n) is 9.76. The Morgan fingerprint density at radius 2 is 2.00 bits per heavy atom. The van der Waals surface area contributed by atoms with Crippen molar-refractivity contribution >= 4 is 15.7 Å². The van der Waals surface area contributed by atoms with Crippen molar-refractivity contribution in [1.82, 2.24) is 5.32 Å². The SMILES string of the molecule is C[C@H]1CN(c2ccc(S(N)(=O)=O)cc2)CCN1. The molecule has 5 nitrogen and oxygen atoms in total. The molecule has 1 aromatic carbocycles. The molecule has 0 unspecified atom stereocenters. The Morgan fingerprint density at radius 3 is 2.53 bits per heavy atom. The van der Waals surface area contributed by atoms with Crippen LogP contribution in [-0.2, 0) is 10.0 Å². The lowest BCUT2D eigenvalue weighted by Gasteiger charge is -2.33. The summed E-state index contributed by atoms with van der Waals surface area (Å²) in [4.78, 5) is 2.39. The van der Waals surface area contributed by atoms with E-state index in [1.54, 1.807) is 24.3 Å². The fourth-order valence-electron chi connectivity index (χ4n) is 2.01. The minimum atomic E-state index is -3.59. The molecule has 94 valence electrons. The van der Waals surface area contributed by atoms with Gasteiger partial charge in [-0.25, -0.2) is 13.6 Å². The average molecular weight is 255 g/mol. The van der Waals surface area contributed by atoms with Crippen LogP contribution in [0.2, 0.25) is 0 Å². The highest BCUT2D eigenvalue weighted by molar-refractivity contribution is 7.89. The number of nitrogens with one attached hydrogen (secondary N) is 1. The fraction of sp³-hybridized carbons (Fsp3) is 0.455. The van der Waals surface area contributed by atoms with Crippen LogP contribution in [0.25, 0.3) is 0 Å². The first-order valence-electron chi connectivity index (χ1n) is 5.58. The van der Waals surface area contributed by atoms with E-state index in [-0.39, 0.29) is 4.90 Å². The normalized spacial score (nSPS) is 21.5. The molecule has 1 heterocycles. The van der Waals surface area contributed by atoms with E-state index in [0.29, 0.717) is 6.04 Å². The van der Waals surface area contributed by atoms with E-state index >= 15 is 0 Å². The summed E-state index contributed by atoms with van der Waals surface area (Å²) in [5, 5.41) is 8.42. The minimum Gasteiger partial charge on any atom is -0.369 e. The van der Waals surface area contributed by atoms with Crippen molar-refractivity contribution in [2.75, 3.05) is 24.5 Å². The third-order valence-corrected chi connectivity index (χ3v) is 3.83. The lowest BCUT2D eigenvalue weighted by Crippen LogP contribution is -2.49. The van der Waals surface area contributed by atoms with Crippen LogP contribution < -0.4 is 15.4 Å². The van der Waals surface area contributed by atoms with E-state index in [1.807, 2.05) is 0 Å². The van der Waals surface area contributed by atoms with Gasteiger partial charge in [-0.3, -0.25) is 0 Å². The average Bonchev–Trinajstić information content (AvgIpc) is 2.28. The summed E-state index contributed by atoms with van der Waals surface area (Å²) in [5.41, 5.74) is 1.03. The largest absolute Gasteiger partial charge is 0.369 e. The number of anilines is 1. The number of piperazine rings is 1. The number of primary sulfonamides is 1. The first-order valence-corrected chi connectivity index (χ1v) is 7.12. The van der Waals surface area contributed by atoms with Gasteiger partial charge in [0, 0.05) is 31.4 Å². The summed E-state index contributed by atoms with van der Waals surface area (Å²) in [6.45, 7) is 4.93. The van der Waals surface area contributed by atoms with Crippen LogP contribution in [-0.4, -0.2) is 34.1 Å². The van der Waals surface area contributed by atoms with Crippen LogP contribution in [0.1, 0.15) is 6.92 Å². The Bertz CT molecular complexity index is 484. The highest BCUT2D eigenvalue weighted by atomic mass is 32.2. The summed E-state index contributed by atoms with van der Waals surface area (Å²) in [6, 6.07) is 7.16. The van der Waals surface area contributed by atoms with E-state index in [2.05, 4.69) is 17.1 Å². The molecule has 2 rings (SSSR count). The quantitative estimate of drug-likeness (QED) is 0.788. The van der Waals surface area contributed by atoms with E-state index < -0.39 is 10.0 Å². The van der Waals surface area contributed by atoms with Gasteiger partial charge in [-0.1, -0.05) is 0 Å². The highest BCUT2D eigenvalue weighted by Crippen LogP contribution is 2.18. The van der Waals surface area contributed by atoms with Crippen LogP contribution >= 0.6 is 0 Å². The number of sulfonamides is 1. The summed E-state index contributed by atoms with van der Waals surface area (Å²) < 4.78 is 22.3. The first-order chi connectivity index (χ1) is 7.97. The van der Waals surface area contributed by atoms with Crippen LogP contribution in [0.3, 0.4) is 0 Å². The van der Waals surface area contributed by atoms with Crippen LogP contribution in [0.4, 0.5) is 5.69 Å². The smallest absolute Gasteiger partial charge is 0.238 e. The molecular weight excluding hydrogens is 238 g/mol. The van der Waals surface area contributed by atoms with Crippen molar-refractivity contribution < 1.29 is 8.42 Å². The molecule has 0 aromatic heterocycles. The minimum absolute atomic E-state index is 0.157. The van der Waals surface area contributed by atoms with Gasteiger partial charge in [0.25, 0.3) is 0 Å². The second kappa shape index (κ2) is 4.64. The number of hydrogen-bond donors (Lipinski definition) is 2. The second-order valence-electron chi connectivity index (χ2n) is 4.34. The van der Waals surface area contributed by atoms with Gasteiger partial charge in [0.15, 0.2) is 0 Å². The van der Waals surface area contributed by atoms with Gasteiger partial charge >= 0.3 is 0 Å². The van der Waals surface area contributed by atoms with Gasteiger partial charge < -0.3 is 10.2 Å². The highest BCUT2D eigenvalue weighted by Gasteiger charge is 2.16. The maximum absolute atomic E-state index is 11.1. The molecule has 0 amide bonds. The lowest BCUT2D eigenvalue weighted by atomic mass is 10.2. The Morgan fingerprint density at radius 1 is 1.35 bits per heavy atom. The number of benzene rings is 1. The van der Waals surface area contributed by atoms with Crippen molar-refractivity contribution in [1.29, 1.82) is 0 Å². The van der Waals surface area contributed by atoms with Gasteiger partial charge in [-0.15, -0.1) is 0 Å². The van der Waals surface area contributed by atoms with Crippen molar-refractivity contribution in [2.45, 2.75) is 17.9 Å². The standard InChI is InChI=1S/C11H17N3O2S/c1-9-8-14(7-6-13-9)10-2-4-11(5-3-10)17(12,15)16/h2-5,9,13H,6-8H2,1H3,(H2,12,15,16)/t9-/m0/s1. The zero-order valence-corrected chi connectivity index (χ0v) is 10.6. The predicted molar refractivity (Wildman–Crippen MR) is 67.5 cm³/mol. The van der Waals surface area contributed by atoms with Crippen LogP contribution in [0.5, 0.6) is 0 Å². The Kier molecular flexibility index (Phi) is 3.37. The van der Waals surface area contributed by atoms with Crippen molar-refractivity contribution in [3.05, 3.63) is 24.3 Å². The Hall–Kier alpha value is -1.11. The number of rotatable bonds is 2. The Labute approximate surface area is 102 Å². The van der Waals surface area contributed by atoms with Gasteiger partial charge in [0.05, 0.1) is 4.90 Å². The van der Waals surface area contributed by atoms with E-state index in [9.17, 15) is 8.42 Å². The maximum Gasteiger partial charge on any atom is 0.238 e. The lowest BCUT2D eigenvalue weighted by molar-refractivity contribution is 0.485. The van der Waals surface area contributed by atoms with Gasteiger partial charge in [0.2, 0.25) is 10.0 Å². The van der Waals surface area contributed by atoms with E-state index in [1.165, 1.54) is 0 Å². The topological polar surface area (TPSA) is 75.4 Å². The third-order valence-electron chi connectivity index (χ3n) is 2.90. The molecule has 17 heavy (non-hydrogen) atoms. The molecule has 3 N–H and O–H groups in total. The molecule has 1 aromatic rings. The number of nitrogens with zero attached hydrogens (tertiary/aromatic N) is 1. The summed E-state index contributed by atoms with van der Waals surface area (Å²) in [5.74, 6) is 0. The molecule has 0 aliphatic carbocycles. The zero-order chi connectivity index (χ0) is 12.5. The second-order valence-corrected chi connectivity index (χ2v) is 5.90. The molecule has 6 heteroatoms. The molecule has 1 fully saturated rings. The molecule has 1 aliphatic heterocycles. The molecule has 1 atom stereocenters. The van der Waals surface area contributed by atoms with Gasteiger partial charge in [-0.2, -0.15) is 0 Å². The van der Waals surface area contributed by atoms with Crippen LogP contribution in [0.15, 0.2) is 29.2 Å². The van der Waals surface area contributed by atoms with Crippen molar-refractivity contribution in [3.63, 3.8) is 0 Å². The summed E-state index contributed by atoms with van der Waals surface area (Å²) in [7, 11) is -3.59. The molecule has 0 bridgehead atoms. The van der Waals surface area contributed by atoms with Crippen LogP contribution in [0, 0.1) is 0 Å². The van der Waals surface area contributed by atoms with Gasteiger partial charge in [0.1, 0.15) is 0 Å². The Balaban J connectivity index is 2.18. The molecule has 0 spiro atoms. The molecule has 0 radical (unpaired) electrons. The van der Waals surface area contributed by atoms with Crippen molar-refractivity contribution in [3.8, 4) is 0 Å². The van der Waals surface area contributed by atoms with E-state index in [4.69, 9.17) is 5.14 Å². The first kappa shape index (κ1) is 12.3. The molecule has 0 saturated carbocycles. The molecule has 1 aliphatic rings.